The summed E-state index contributed by atoms with van der Waals surface area (Å²) in [5, 5.41) is 4.67. The van der Waals surface area contributed by atoms with Gasteiger partial charge in [-0.2, -0.15) is 0 Å². The first kappa shape index (κ1) is 39.9. The van der Waals surface area contributed by atoms with E-state index in [-0.39, 0.29) is 0 Å². The summed E-state index contributed by atoms with van der Waals surface area (Å²) in [6.45, 7) is 0. The lowest BCUT2D eigenvalue weighted by molar-refractivity contribution is 0.670. The molecule has 0 aliphatic heterocycles. The number of hydrogen-bond acceptors (Lipinski definition) is 2. The van der Waals surface area contributed by atoms with E-state index in [0.29, 0.717) is 0 Å². The molecule has 0 fully saturated rings. The van der Waals surface area contributed by atoms with Crippen LogP contribution in [0.15, 0.2) is 211 Å². The van der Waals surface area contributed by atoms with E-state index in [2.05, 4.69) is 250 Å². The minimum atomic E-state index is -0.550. The van der Waals surface area contributed by atoms with Gasteiger partial charge in [0.2, 0.25) is 0 Å². The van der Waals surface area contributed by atoms with E-state index in [0.717, 1.165) is 44.6 Å². The molecule has 0 spiro atoms. The predicted octanol–water partition coefficient (Wildman–Crippen LogP) is 7.20. The molecule has 1 aromatic heterocycles. The molecule has 2 nitrogen and oxygen atoms in total. The first-order valence-corrected chi connectivity index (χ1v) is 23.1. The van der Waals surface area contributed by atoms with Crippen LogP contribution in [0.4, 0.5) is 17.1 Å². The molecule has 0 saturated heterocycles. The second-order valence-electron chi connectivity index (χ2n) is 18.1. The number of rotatable bonds is 7. The third-order valence-electron chi connectivity index (χ3n) is 14.9. The van der Waals surface area contributed by atoms with Gasteiger partial charge >= 0.3 is 0 Å². The fourth-order valence-corrected chi connectivity index (χ4v) is 11.4. The lowest BCUT2D eigenvalue weighted by Crippen LogP contribution is -2.55. The van der Waals surface area contributed by atoms with Crippen molar-refractivity contribution in [3.05, 3.63) is 229 Å². The molecule has 0 atom stereocenters. The van der Waals surface area contributed by atoms with Gasteiger partial charge in [-0.1, -0.05) is 175 Å². The second-order valence-corrected chi connectivity index (χ2v) is 18.1. The van der Waals surface area contributed by atoms with Crippen molar-refractivity contribution in [2.45, 2.75) is 5.41 Å². The van der Waals surface area contributed by atoms with Crippen molar-refractivity contribution in [3.8, 4) is 33.4 Å². The molecule has 66 heavy (non-hydrogen) atoms. The number of hydrogen-bond donors (Lipinski definition) is 0. The number of anilines is 3. The van der Waals surface area contributed by atoms with Gasteiger partial charge in [-0.05, 0) is 103 Å². The zero-order valence-corrected chi connectivity index (χ0v) is 38.0. The summed E-state index contributed by atoms with van der Waals surface area (Å²) < 4.78 is 7.08. The average Bonchev–Trinajstić information content (AvgIpc) is 3.91. The first-order chi connectivity index (χ1) is 32.3. The minimum Gasteiger partial charge on any atom is -0.455 e. The lowest BCUT2D eigenvalue weighted by atomic mass is 9.59. The van der Waals surface area contributed by atoms with E-state index in [4.69, 9.17) is 4.42 Å². The summed E-state index contributed by atoms with van der Waals surface area (Å²) in [6.07, 6.45) is 0. The number of nitrogens with zero attached hydrogens (tertiary/aromatic N) is 1. The van der Waals surface area contributed by atoms with E-state index in [9.17, 15) is 0 Å². The standard InChI is InChI=1S/C59H44B5NO/c60-53-52(54(61)56(63)57(64)55(53)62)46-32-33-49(51-45-22-10-12-25-50(45)66-58(46)51)65(39-28-26-36(27-29-39)42-23-13-15-35-14-7-8-20-41(35)42)40-30-31-44-43-21-9-11-24-47(43)59(48(44)34-40,37-16-3-1-4-17-37)38-18-5-2-6-19-38/h1-34H,60-64H2. The van der Waals surface area contributed by atoms with E-state index in [1.165, 1.54) is 88.2 Å². The van der Waals surface area contributed by atoms with E-state index in [1.807, 2.05) is 0 Å². The molecule has 0 bridgehead atoms. The molecule has 0 amide bonds. The molecule has 0 saturated carbocycles. The number of para-hydroxylation sites is 1. The molecule has 0 N–H and O–H groups in total. The molecular weight excluding hydrogens is 793 g/mol. The Kier molecular flexibility index (Phi) is 9.40. The van der Waals surface area contributed by atoms with Crippen molar-refractivity contribution >= 4 is 116 Å². The highest BCUT2D eigenvalue weighted by Gasteiger charge is 2.46. The highest BCUT2D eigenvalue weighted by atomic mass is 16.3. The maximum atomic E-state index is 7.08. The maximum absolute atomic E-state index is 7.08. The van der Waals surface area contributed by atoms with Gasteiger partial charge in [-0.15, -0.1) is 16.4 Å². The van der Waals surface area contributed by atoms with Crippen molar-refractivity contribution in [1.82, 2.24) is 0 Å². The fraction of sp³-hybridized carbons (Fsp3) is 0.0169. The molecule has 0 radical (unpaired) electrons. The quantitative estimate of drug-likeness (QED) is 0.158. The van der Waals surface area contributed by atoms with E-state index >= 15 is 0 Å². The Bertz CT molecular complexity index is 3640. The molecule has 0 unspecified atom stereocenters. The molecule has 12 rings (SSSR count). The molecule has 306 valence electrons. The van der Waals surface area contributed by atoms with E-state index in [1.54, 1.807) is 0 Å². The largest absolute Gasteiger partial charge is 0.455 e. The van der Waals surface area contributed by atoms with Crippen LogP contribution in [-0.4, -0.2) is 39.2 Å². The van der Waals surface area contributed by atoms with Crippen molar-refractivity contribution in [2.24, 2.45) is 0 Å². The van der Waals surface area contributed by atoms with E-state index < -0.39 is 5.41 Å². The summed E-state index contributed by atoms with van der Waals surface area (Å²) in [6, 6.07) is 75.9. The summed E-state index contributed by atoms with van der Waals surface area (Å²) >= 11 is 0. The zero-order valence-electron chi connectivity index (χ0n) is 38.0. The molecule has 1 heterocycles. The van der Waals surface area contributed by atoms with Gasteiger partial charge in [0, 0.05) is 22.3 Å². The van der Waals surface area contributed by atoms with Gasteiger partial charge in [0.05, 0.1) is 16.5 Å². The third-order valence-corrected chi connectivity index (χ3v) is 14.9. The third kappa shape index (κ3) is 5.89. The van der Waals surface area contributed by atoms with Crippen LogP contribution in [0.5, 0.6) is 0 Å². The Morgan fingerprint density at radius 3 is 1.67 bits per heavy atom. The first-order valence-electron chi connectivity index (χ1n) is 23.1. The van der Waals surface area contributed by atoms with Gasteiger partial charge in [0.25, 0.3) is 0 Å². The fourth-order valence-electron chi connectivity index (χ4n) is 11.4. The highest BCUT2D eigenvalue weighted by molar-refractivity contribution is 6.68. The topological polar surface area (TPSA) is 16.4 Å². The Morgan fingerprint density at radius 1 is 0.394 bits per heavy atom. The van der Waals surface area contributed by atoms with Gasteiger partial charge < -0.3 is 9.32 Å². The van der Waals surface area contributed by atoms with Crippen LogP contribution in [0.2, 0.25) is 0 Å². The van der Waals surface area contributed by atoms with Gasteiger partial charge in [0.15, 0.2) is 0 Å². The van der Waals surface area contributed by atoms with Gasteiger partial charge in [-0.3, -0.25) is 0 Å². The smallest absolute Gasteiger partial charge is 0.145 e. The Balaban J connectivity index is 1.15. The molecule has 1 aliphatic carbocycles. The van der Waals surface area contributed by atoms with Crippen molar-refractivity contribution in [1.29, 1.82) is 0 Å². The SMILES string of the molecule is Bc1c(B)c(B)c(-c2ccc(N(c3ccc(-c4cccc5ccccc45)cc3)c3ccc4c(c3)C(c3ccccc3)(c3ccccc3)c3ccccc3-4)c3c2oc2ccccc23)c(B)c1B. The summed E-state index contributed by atoms with van der Waals surface area (Å²) in [5.41, 5.74) is 23.3. The van der Waals surface area contributed by atoms with Crippen molar-refractivity contribution < 1.29 is 4.42 Å². The number of fused-ring (bicyclic) bond motifs is 7. The predicted molar refractivity (Wildman–Crippen MR) is 295 cm³/mol. The molecular formula is C59H44B5NO. The molecule has 7 heteroatoms. The Hall–Kier alpha value is -7.62. The van der Waals surface area contributed by atoms with Gasteiger partial charge in [0.1, 0.15) is 50.4 Å². The van der Waals surface area contributed by atoms with Crippen LogP contribution in [0.1, 0.15) is 22.3 Å². The van der Waals surface area contributed by atoms with Crippen LogP contribution >= 0.6 is 0 Å². The van der Waals surface area contributed by atoms with Crippen LogP contribution in [0.3, 0.4) is 0 Å². The van der Waals surface area contributed by atoms with Crippen LogP contribution in [-0.2, 0) is 5.41 Å². The molecule has 10 aromatic carbocycles. The summed E-state index contributed by atoms with van der Waals surface area (Å²) in [7, 11) is 11.3. The summed E-state index contributed by atoms with van der Waals surface area (Å²) in [5.74, 6) is 0. The normalized spacial score (nSPS) is 12.7. The van der Waals surface area contributed by atoms with Crippen molar-refractivity contribution in [3.63, 3.8) is 0 Å². The monoisotopic (exact) mass is 837 g/mol. The molecule has 1 aliphatic rings. The lowest BCUT2D eigenvalue weighted by Gasteiger charge is -2.35. The van der Waals surface area contributed by atoms with Crippen LogP contribution < -0.4 is 32.2 Å². The van der Waals surface area contributed by atoms with Gasteiger partial charge in [-0.25, -0.2) is 0 Å². The summed E-state index contributed by atoms with van der Waals surface area (Å²) in [4.78, 5) is 2.47. The zero-order chi connectivity index (χ0) is 44.7. The number of furan rings is 1. The second kappa shape index (κ2) is 15.5. The van der Waals surface area contributed by atoms with Crippen LogP contribution in [0.25, 0.3) is 66.1 Å². The highest BCUT2D eigenvalue weighted by Crippen LogP contribution is 2.57. The minimum absolute atomic E-state index is 0.550. The number of benzene rings is 10. The Labute approximate surface area is 391 Å². The average molecular weight is 837 g/mol. The Morgan fingerprint density at radius 2 is 0.939 bits per heavy atom. The molecule has 11 aromatic rings. The van der Waals surface area contributed by atoms with Crippen LogP contribution in [0, 0.1) is 0 Å². The van der Waals surface area contributed by atoms with Crippen molar-refractivity contribution in [2.75, 3.05) is 4.90 Å². The maximum Gasteiger partial charge on any atom is 0.145 e.